The zero-order valence-corrected chi connectivity index (χ0v) is 21.0. The van der Waals surface area contributed by atoms with Gasteiger partial charge in [-0.05, 0) is 69.6 Å². The molecule has 2 aromatic rings. The molecule has 3 heterocycles. The predicted molar refractivity (Wildman–Crippen MR) is 139 cm³/mol. The van der Waals surface area contributed by atoms with E-state index in [0.717, 1.165) is 61.3 Å². The van der Waals surface area contributed by atoms with Crippen LogP contribution >= 0.6 is 24.0 Å². The van der Waals surface area contributed by atoms with Crippen molar-refractivity contribution >= 4 is 35.6 Å². The molecule has 2 aliphatic heterocycles. The maximum atomic E-state index is 5.82. The molecule has 7 nitrogen and oxygen atoms in total. The van der Waals surface area contributed by atoms with Crippen molar-refractivity contribution in [1.29, 1.82) is 0 Å². The van der Waals surface area contributed by atoms with Gasteiger partial charge < -0.3 is 29.4 Å². The molecule has 2 aliphatic rings. The second-order valence-electron chi connectivity index (χ2n) is 8.08. The van der Waals surface area contributed by atoms with Crippen LogP contribution in [0.3, 0.4) is 0 Å². The third-order valence-electron chi connectivity index (χ3n) is 5.61. The van der Waals surface area contributed by atoms with E-state index >= 15 is 0 Å². The van der Waals surface area contributed by atoms with Crippen LogP contribution in [0.25, 0.3) is 0 Å². The Morgan fingerprint density at radius 2 is 1.84 bits per heavy atom. The molecule has 32 heavy (non-hydrogen) atoms. The van der Waals surface area contributed by atoms with Crippen molar-refractivity contribution < 1.29 is 13.9 Å². The van der Waals surface area contributed by atoms with Gasteiger partial charge in [0.25, 0.3) is 0 Å². The monoisotopic (exact) mass is 554 g/mol. The van der Waals surface area contributed by atoms with E-state index in [9.17, 15) is 0 Å². The highest BCUT2D eigenvalue weighted by Crippen LogP contribution is 2.32. The average molecular weight is 554 g/mol. The van der Waals surface area contributed by atoms with Gasteiger partial charge in [0.05, 0.1) is 19.5 Å². The zero-order chi connectivity index (χ0) is 21.1. The number of nitrogens with zero attached hydrogens (tertiary/aromatic N) is 2. The smallest absolute Gasteiger partial charge is 0.195 e. The minimum Gasteiger partial charge on any atom is -0.490 e. The molecule has 0 saturated carbocycles. The molecule has 0 bridgehead atoms. The van der Waals surface area contributed by atoms with Gasteiger partial charge in [0.1, 0.15) is 5.76 Å². The van der Waals surface area contributed by atoms with Crippen molar-refractivity contribution in [2.24, 2.45) is 4.99 Å². The van der Waals surface area contributed by atoms with E-state index in [1.54, 1.807) is 6.26 Å². The van der Waals surface area contributed by atoms with Crippen LogP contribution in [0.4, 0.5) is 5.69 Å². The summed E-state index contributed by atoms with van der Waals surface area (Å²) in [5.74, 6) is 3.33. The molecular formula is C24H35IN4O3. The maximum absolute atomic E-state index is 5.82. The number of hydrogen-bond donors (Lipinski definition) is 2. The highest BCUT2D eigenvalue weighted by atomic mass is 127. The highest BCUT2D eigenvalue weighted by molar-refractivity contribution is 14.0. The lowest BCUT2D eigenvalue weighted by Crippen LogP contribution is -2.32. The first kappa shape index (κ1) is 24.7. The lowest BCUT2D eigenvalue weighted by Gasteiger charge is -2.15. The maximum Gasteiger partial charge on any atom is 0.195 e. The number of anilines is 1. The van der Waals surface area contributed by atoms with Crippen LogP contribution in [-0.4, -0.2) is 56.8 Å². The number of rotatable bonds is 9. The molecule has 1 aromatic carbocycles. The number of guanidine groups is 1. The second kappa shape index (κ2) is 13.6. The first-order chi connectivity index (χ1) is 15.4. The molecule has 1 aromatic heterocycles. The number of nitrogens with one attached hydrogen (secondary N) is 2. The van der Waals surface area contributed by atoms with Gasteiger partial charge in [-0.1, -0.05) is 0 Å². The predicted octanol–water partition coefficient (Wildman–Crippen LogP) is 4.54. The largest absolute Gasteiger partial charge is 0.490 e. The Morgan fingerprint density at radius 3 is 2.66 bits per heavy atom. The molecular weight excluding hydrogens is 519 g/mol. The second-order valence-corrected chi connectivity index (χ2v) is 8.08. The van der Waals surface area contributed by atoms with E-state index in [-0.39, 0.29) is 24.0 Å². The van der Waals surface area contributed by atoms with Gasteiger partial charge in [0.2, 0.25) is 0 Å². The Balaban J connectivity index is 0.00000289. The van der Waals surface area contributed by atoms with Gasteiger partial charge in [-0.3, -0.25) is 4.99 Å². The fourth-order valence-electron chi connectivity index (χ4n) is 3.92. The van der Waals surface area contributed by atoms with Crippen LogP contribution in [-0.2, 0) is 6.42 Å². The van der Waals surface area contributed by atoms with Crippen LogP contribution in [0, 0.1) is 0 Å². The van der Waals surface area contributed by atoms with Crippen molar-refractivity contribution in [3.8, 4) is 11.5 Å². The molecule has 0 amide bonds. The number of ether oxygens (including phenoxy) is 2. The fraction of sp³-hybridized carbons (Fsp3) is 0.542. The number of halogens is 1. The van der Waals surface area contributed by atoms with Gasteiger partial charge in [0, 0.05) is 37.7 Å². The quantitative estimate of drug-likeness (QED) is 0.206. The summed E-state index contributed by atoms with van der Waals surface area (Å²) in [5.41, 5.74) is 0.936. The molecule has 1 fully saturated rings. The molecule has 0 aliphatic carbocycles. The Morgan fingerprint density at radius 1 is 1.00 bits per heavy atom. The zero-order valence-electron chi connectivity index (χ0n) is 18.7. The summed E-state index contributed by atoms with van der Waals surface area (Å²) in [4.78, 5) is 7.36. The first-order valence-corrected chi connectivity index (χ1v) is 11.6. The number of furan rings is 1. The minimum absolute atomic E-state index is 0. The van der Waals surface area contributed by atoms with Gasteiger partial charge in [-0.25, -0.2) is 0 Å². The standard InChI is InChI=1S/C24H34N4O3.HI/c1(2-13-28-14-3-4-15-28)11-25-24(26-12-10-21-7-5-16-29-21)27-20-8-9-22-23(19-20)31-18-6-17-30-22;/h5,7-9,16,19H,1-4,6,10-15,17-18H2,(H2,25,26,27);1H. The molecule has 1 saturated heterocycles. The van der Waals surface area contributed by atoms with Crippen LogP contribution in [0.5, 0.6) is 11.5 Å². The molecule has 0 radical (unpaired) electrons. The molecule has 0 atom stereocenters. The van der Waals surface area contributed by atoms with Gasteiger partial charge in [0.15, 0.2) is 17.5 Å². The van der Waals surface area contributed by atoms with Crippen molar-refractivity contribution in [3.63, 3.8) is 0 Å². The Kier molecular flexibility index (Phi) is 10.5. The molecule has 176 valence electrons. The summed E-state index contributed by atoms with van der Waals surface area (Å²) in [7, 11) is 0. The van der Waals surface area contributed by atoms with Crippen molar-refractivity contribution in [3.05, 3.63) is 42.4 Å². The van der Waals surface area contributed by atoms with Gasteiger partial charge in [-0.2, -0.15) is 0 Å². The fourth-order valence-corrected chi connectivity index (χ4v) is 3.92. The van der Waals surface area contributed by atoms with E-state index in [4.69, 9.17) is 18.9 Å². The number of benzene rings is 1. The molecule has 0 spiro atoms. The highest BCUT2D eigenvalue weighted by Gasteiger charge is 2.12. The Labute approximate surface area is 208 Å². The van der Waals surface area contributed by atoms with Crippen LogP contribution < -0.4 is 20.1 Å². The van der Waals surface area contributed by atoms with E-state index in [0.29, 0.717) is 13.2 Å². The van der Waals surface area contributed by atoms with E-state index in [1.165, 1.54) is 38.9 Å². The van der Waals surface area contributed by atoms with Gasteiger partial charge >= 0.3 is 0 Å². The summed E-state index contributed by atoms with van der Waals surface area (Å²) in [5, 5.41) is 6.85. The van der Waals surface area contributed by atoms with Gasteiger partial charge in [-0.15, -0.1) is 24.0 Å². The minimum atomic E-state index is 0. The third kappa shape index (κ3) is 7.88. The van der Waals surface area contributed by atoms with Crippen LogP contribution in [0.15, 0.2) is 46.0 Å². The summed E-state index contributed by atoms with van der Waals surface area (Å²) in [6.45, 7) is 6.62. The Hall–Kier alpha value is -1.94. The summed E-state index contributed by atoms with van der Waals surface area (Å²) >= 11 is 0. The molecule has 4 rings (SSSR count). The van der Waals surface area contributed by atoms with E-state index in [2.05, 4.69) is 15.5 Å². The third-order valence-corrected chi connectivity index (χ3v) is 5.61. The van der Waals surface area contributed by atoms with Crippen LogP contribution in [0.1, 0.15) is 37.9 Å². The lowest BCUT2D eigenvalue weighted by molar-refractivity contribution is 0.297. The average Bonchev–Trinajstić information content (AvgIpc) is 3.44. The van der Waals surface area contributed by atoms with Crippen molar-refractivity contribution in [1.82, 2.24) is 10.2 Å². The lowest BCUT2D eigenvalue weighted by atomic mass is 10.2. The first-order valence-electron chi connectivity index (χ1n) is 11.6. The van der Waals surface area contributed by atoms with E-state index in [1.807, 2.05) is 30.3 Å². The number of fused-ring (bicyclic) bond motifs is 1. The van der Waals surface area contributed by atoms with Crippen LogP contribution in [0.2, 0.25) is 0 Å². The topological polar surface area (TPSA) is 71.3 Å². The summed E-state index contributed by atoms with van der Waals surface area (Å²) in [6, 6.07) is 9.86. The van der Waals surface area contributed by atoms with Crippen molar-refractivity contribution in [2.45, 2.75) is 38.5 Å². The van der Waals surface area contributed by atoms with E-state index < -0.39 is 0 Å². The number of hydrogen-bond acceptors (Lipinski definition) is 5. The number of unbranched alkanes of at least 4 members (excludes halogenated alkanes) is 1. The Bertz CT molecular complexity index is 823. The summed E-state index contributed by atoms with van der Waals surface area (Å²) < 4.78 is 17.0. The number of likely N-dealkylation sites (tertiary alicyclic amines) is 1. The summed E-state index contributed by atoms with van der Waals surface area (Å²) in [6.07, 6.45) is 8.39. The number of aliphatic imine (C=N–C) groups is 1. The normalized spacial score (nSPS) is 16.3. The SMILES string of the molecule is I.c1coc(CCNC(=NCCCCN2CCCC2)Nc2ccc3c(c2)OCCCO3)c1. The molecule has 8 heteroatoms. The molecule has 0 unspecified atom stereocenters. The van der Waals surface area contributed by atoms with Crippen molar-refractivity contribution in [2.75, 3.05) is 51.3 Å². The molecule has 2 N–H and O–H groups in total.